The molecule has 0 spiro atoms. The second kappa shape index (κ2) is 11.1. The van der Waals surface area contributed by atoms with Crippen LogP contribution in [0.5, 0.6) is 5.75 Å². The molecule has 1 aromatic heterocycles. The molecule has 17 heteroatoms. The van der Waals surface area contributed by atoms with Crippen molar-refractivity contribution in [1.82, 2.24) is 24.8 Å². The van der Waals surface area contributed by atoms with Gasteiger partial charge in [-0.05, 0) is 36.4 Å². The van der Waals surface area contributed by atoms with Gasteiger partial charge in [0.2, 0.25) is 21.8 Å². The molecule has 4 heterocycles. The Balaban J connectivity index is 1.25. The number of nitrogens with one attached hydrogen (secondary N) is 2. The number of hydrogen-bond acceptors (Lipinski definition) is 11. The lowest BCUT2D eigenvalue weighted by molar-refractivity contribution is -0.274. The second-order valence-corrected chi connectivity index (χ2v) is 11.4. The van der Waals surface area contributed by atoms with Gasteiger partial charge in [-0.3, -0.25) is 9.79 Å². The van der Waals surface area contributed by atoms with Gasteiger partial charge in [-0.2, -0.15) is 4.31 Å². The molecule has 0 radical (unpaired) electrons. The van der Waals surface area contributed by atoms with Crippen LogP contribution < -0.4 is 15.4 Å². The number of ether oxygens (including phenoxy) is 1. The predicted octanol–water partition coefficient (Wildman–Crippen LogP) is 2.00. The van der Waals surface area contributed by atoms with E-state index in [0.29, 0.717) is 22.6 Å². The minimum absolute atomic E-state index is 0.0674. The number of fused-ring (bicyclic) bond motifs is 2. The van der Waals surface area contributed by atoms with E-state index < -0.39 is 40.2 Å². The van der Waals surface area contributed by atoms with Crippen molar-refractivity contribution >= 4 is 45.3 Å². The number of hydrogen-bond donors (Lipinski definition) is 2. The number of amides is 1. The van der Waals surface area contributed by atoms with Gasteiger partial charge in [0.15, 0.2) is 11.7 Å². The lowest BCUT2D eigenvalue weighted by Gasteiger charge is -2.42. The van der Waals surface area contributed by atoms with Crippen molar-refractivity contribution < 1.29 is 35.5 Å². The molecule has 3 aliphatic heterocycles. The summed E-state index contributed by atoms with van der Waals surface area (Å²) in [4.78, 5) is 31.9. The summed E-state index contributed by atoms with van der Waals surface area (Å²) in [5, 5.41) is 5.91. The molecule has 224 valence electrons. The molecule has 43 heavy (non-hydrogen) atoms. The van der Waals surface area contributed by atoms with Crippen LogP contribution in [-0.4, -0.2) is 85.0 Å². The van der Waals surface area contributed by atoms with Crippen LogP contribution >= 0.6 is 0 Å². The number of aromatic nitrogens is 1. The van der Waals surface area contributed by atoms with Gasteiger partial charge in [0.25, 0.3) is 0 Å². The fourth-order valence-electron chi connectivity index (χ4n) is 4.77. The predicted molar refractivity (Wildman–Crippen MR) is 148 cm³/mol. The number of carbonyl (C=O) groups excluding carboxylic acids is 1. The van der Waals surface area contributed by atoms with Crippen LogP contribution in [0.15, 0.2) is 84.8 Å². The van der Waals surface area contributed by atoms with Crippen molar-refractivity contribution in [3.8, 4) is 5.75 Å². The minimum Gasteiger partial charge on any atom is -0.439 e. The first-order chi connectivity index (χ1) is 20.6. The summed E-state index contributed by atoms with van der Waals surface area (Å²) < 4.78 is 75.8. The molecular formula is C26H23F3N8O5S. The van der Waals surface area contributed by atoms with Gasteiger partial charge >= 0.3 is 6.36 Å². The van der Waals surface area contributed by atoms with E-state index in [2.05, 4.69) is 35.3 Å². The van der Waals surface area contributed by atoms with Gasteiger partial charge in [0, 0.05) is 19.6 Å². The van der Waals surface area contributed by atoms with Crippen LogP contribution in [0.4, 0.5) is 13.2 Å². The first-order valence-electron chi connectivity index (χ1n) is 12.9. The Morgan fingerprint density at radius 2 is 1.93 bits per heavy atom. The van der Waals surface area contributed by atoms with E-state index in [1.54, 1.807) is 41.6 Å². The highest BCUT2D eigenvalue weighted by Crippen LogP contribution is 2.28. The number of nitrogens with zero attached hydrogens (tertiary/aromatic N) is 6. The van der Waals surface area contributed by atoms with E-state index in [0.717, 1.165) is 28.6 Å². The first kappa shape index (κ1) is 28.4. The summed E-state index contributed by atoms with van der Waals surface area (Å²) in [6.07, 6.45) is -0.914. The number of benzene rings is 2. The third-order valence-electron chi connectivity index (χ3n) is 6.78. The van der Waals surface area contributed by atoms with Crippen LogP contribution in [0.1, 0.15) is 5.89 Å². The lowest BCUT2D eigenvalue weighted by Crippen LogP contribution is -2.61. The van der Waals surface area contributed by atoms with Gasteiger partial charge in [-0.15, -0.1) is 13.2 Å². The van der Waals surface area contributed by atoms with Crippen LogP contribution in [0, 0.1) is 0 Å². The smallest absolute Gasteiger partial charge is 0.439 e. The number of sulfonamides is 1. The normalized spacial score (nSPS) is 20.7. The van der Waals surface area contributed by atoms with E-state index >= 15 is 0 Å². The number of halogens is 3. The van der Waals surface area contributed by atoms with E-state index in [1.807, 2.05) is 0 Å². The molecule has 2 N–H and O–H groups in total. The highest BCUT2D eigenvalue weighted by atomic mass is 32.2. The van der Waals surface area contributed by atoms with Crippen molar-refractivity contribution in [2.75, 3.05) is 19.6 Å². The number of piperazine rings is 1. The number of aliphatic imine (C=N–C) groups is 3. The maximum absolute atomic E-state index is 13.7. The molecule has 3 aromatic rings. The molecule has 1 amide bonds. The summed E-state index contributed by atoms with van der Waals surface area (Å²) in [6, 6.07) is 9.62. The Morgan fingerprint density at radius 1 is 1.14 bits per heavy atom. The van der Waals surface area contributed by atoms with Crippen LogP contribution in [0.25, 0.3) is 11.1 Å². The van der Waals surface area contributed by atoms with E-state index in [-0.39, 0.29) is 37.0 Å². The maximum Gasteiger partial charge on any atom is 0.573 e. The zero-order chi connectivity index (χ0) is 30.2. The van der Waals surface area contributed by atoms with Gasteiger partial charge in [0.05, 0.1) is 23.9 Å². The van der Waals surface area contributed by atoms with E-state index in [4.69, 9.17) is 4.42 Å². The summed E-state index contributed by atoms with van der Waals surface area (Å²) >= 11 is 0. The number of para-hydroxylation sites is 2. The van der Waals surface area contributed by atoms with Crippen molar-refractivity contribution in [2.45, 2.75) is 30.0 Å². The average Bonchev–Trinajstić information content (AvgIpc) is 3.42. The Kier molecular flexibility index (Phi) is 7.35. The van der Waals surface area contributed by atoms with Crippen molar-refractivity contribution in [3.63, 3.8) is 0 Å². The highest BCUT2D eigenvalue weighted by Gasteiger charge is 2.41. The molecule has 1 saturated heterocycles. The van der Waals surface area contributed by atoms with Crippen molar-refractivity contribution in [3.05, 3.63) is 66.4 Å². The second-order valence-electron chi connectivity index (χ2n) is 9.55. The van der Waals surface area contributed by atoms with Crippen LogP contribution in [-0.2, 0) is 21.4 Å². The molecule has 2 aromatic carbocycles. The molecule has 0 saturated carbocycles. The Morgan fingerprint density at radius 3 is 2.70 bits per heavy atom. The first-order valence-corrected chi connectivity index (χ1v) is 14.3. The number of alkyl halides is 3. The monoisotopic (exact) mass is 616 g/mol. The standard InChI is InChI=1S/C26H23F3N8O5S/c27-26(28,29)42-16-5-7-17(8-6-16)43(39,40)37-10-9-36(22-12-31-19-11-30-15-33-24(19)35-22)14-20(37)25(38)32-13-23-34-18-3-1-2-4-21(18)41-23/h1-8,11-12,15,20,24,35H,9-10,13-14H2,(H,32,38)/t20-,24?/m1/s1. The van der Waals surface area contributed by atoms with E-state index in [1.165, 1.54) is 6.34 Å². The molecule has 0 bridgehead atoms. The van der Waals surface area contributed by atoms with Crippen molar-refractivity contribution in [2.24, 2.45) is 15.0 Å². The SMILES string of the molecule is O=C(NCc1nc2ccccc2o1)[C@H]1CN(C2=CN=C3C=NC=NC3N2)CCN1S(=O)(=O)c1ccc(OC(F)(F)F)cc1. The van der Waals surface area contributed by atoms with E-state index in [9.17, 15) is 26.4 Å². The van der Waals surface area contributed by atoms with Crippen LogP contribution in [0.3, 0.4) is 0 Å². The molecule has 1 fully saturated rings. The molecular weight excluding hydrogens is 593 g/mol. The largest absolute Gasteiger partial charge is 0.573 e. The topological polar surface area (TPSA) is 154 Å². The summed E-state index contributed by atoms with van der Waals surface area (Å²) in [7, 11) is -4.33. The summed E-state index contributed by atoms with van der Waals surface area (Å²) in [5.41, 5.74) is 1.73. The third kappa shape index (κ3) is 6.07. The van der Waals surface area contributed by atoms with Gasteiger partial charge in [-0.1, -0.05) is 12.1 Å². The fraction of sp³-hybridized carbons (Fsp3) is 0.269. The fourth-order valence-corrected chi connectivity index (χ4v) is 6.34. The Hall–Kier alpha value is -4.77. The zero-order valence-corrected chi connectivity index (χ0v) is 22.9. The highest BCUT2D eigenvalue weighted by molar-refractivity contribution is 7.89. The maximum atomic E-state index is 13.7. The lowest BCUT2D eigenvalue weighted by atomic mass is 10.2. The van der Waals surface area contributed by atoms with Gasteiger partial charge in [-0.25, -0.2) is 23.4 Å². The Labute approximate surface area is 242 Å². The molecule has 3 aliphatic rings. The van der Waals surface area contributed by atoms with Gasteiger partial charge in [0.1, 0.15) is 35.2 Å². The Bertz CT molecular complexity index is 1740. The van der Waals surface area contributed by atoms with Crippen LogP contribution in [0.2, 0.25) is 0 Å². The van der Waals surface area contributed by atoms with Gasteiger partial charge < -0.3 is 24.7 Å². The summed E-state index contributed by atoms with van der Waals surface area (Å²) in [5.74, 6) is -0.443. The number of oxazole rings is 1. The number of carbonyl (C=O) groups is 1. The zero-order valence-electron chi connectivity index (χ0n) is 22.1. The average molecular weight is 617 g/mol. The molecule has 0 aliphatic carbocycles. The quantitative estimate of drug-likeness (QED) is 0.409. The molecule has 13 nitrogen and oxygen atoms in total. The minimum atomic E-state index is -4.93. The van der Waals surface area contributed by atoms with Crippen molar-refractivity contribution in [1.29, 1.82) is 0 Å². The molecule has 2 atom stereocenters. The third-order valence-corrected chi connectivity index (χ3v) is 8.70. The molecule has 6 rings (SSSR count). The number of rotatable bonds is 7. The summed E-state index contributed by atoms with van der Waals surface area (Å²) in [6.45, 7) is -0.110. The molecule has 1 unspecified atom stereocenters.